The van der Waals surface area contributed by atoms with E-state index in [0.29, 0.717) is 11.4 Å². The molecule has 1 heterocycles. The van der Waals surface area contributed by atoms with Gasteiger partial charge in [0, 0.05) is 5.69 Å². The summed E-state index contributed by atoms with van der Waals surface area (Å²) in [5.41, 5.74) is 2.25. The average Bonchev–Trinajstić information content (AvgIpc) is 2.47. The van der Waals surface area contributed by atoms with Crippen LogP contribution in [0, 0.1) is 6.92 Å². The van der Waals surface area contributed by atoms with Crippen LogP contribution in [-0.4, -0.2) is 22.9 Å². The number of aromatic nitrogens is 2. The molecule has 1 aromatic heterocycles. The molecular weight excluding hydrogens is 216 g/mol. The fourth-order valence-corrected chi connectivity index (χ4v) is 1.54. The van der Waals surface area contributed by atoms with Gasteiger partial charge in [0.2, 0.25) is 0 Å². The van der Waals surface area contributed by atoms with Gasteiger partial charge in [-0.3, -0.25) is 4.55 Å². The predicted octanol–water partition coefficient (Wildman–Crippen LogP) is 1.78. The summed E-state index contributed by atoms with van der Waals surface area (Å²) in [6.07, 6.45) is 2.66. The van der Waals surface area contributed by atoms with Crippen molar-refractivity contribution in [1.82, 2.24) is 9.97 Å². The van der Waals surface area contributed by atoms with Gasteiger partial charge in [0.1, 0.15) is 0 Å². The lowest BCUT2D eigenvalue weighted by atomic mass is 10.2. The lowest BCUT2D eigenvalue weighted by Gasteiger charge is -1.93. The van der Waals surface area contributed by atoms with Crippen molar-refractivity contribution in [3.05, 3.63) is 17.0 Å². The highest BCUT2D eigenvalue weighted by atomic mass is 32.2. The van der Waals surface area contributed by atoms with Crippen molar-refractivity contribution in [2.24, 2.45) is 0 Å². The van der Waals surface area contributed by atoms with Gasteiger partial charge in [-0.05, 0) is 26.3 Å². The van der Waals surface area contributed by atoms with E-state index >= 15 is 0 Å². The molecular formula is C9H14N2O3S. The van der Waals surface area contributed by atoms with Crippen molar-refractivity contribution >= 4 is 16.2 Å². The van der Waals surface area contributed by atoms with Gasteiger partial charge < -0.3 is 4.98 Å². The van der Waals surface area contributed by atoms with Crippen molar-refractivity contribution in [2.45, 2.75) is 32.3 Å². The summed E-state index contributed by atoms with van der Waals surface area (Å²) in [6, 6.07) is 0. The van der Waals surface area contributed by atoms with Crippen LogP contribution in [0.25, 0.3) is 6.08 Å². The van der Waals surface area contributed by atoms with Crippen LogP contribution in [0.2, 0.25) is 0 Å². The van der Waals surface area contributed by atoms with Crippen LogP contribution < -0.4 is 0 Å². The molecule has 84 valence electrons. The fourth-order valence-electron chi connectivity index (χ4n) is 1.04. The van der Waals surface area contributed by atoms with E-state index < -0.39 is 15.3 Å². The number of hydrogen-bond acceptors (Lipinski definition) is 3. The third-order valence-electron chi connectivity index (χ3n) is 2.09. The van der Waals surface area contributed by atoms with Gasteiger partial charge >= 0.3 is 10.1 Å². The summed E-state index contributed by atoms with van der Waals surface area (Å²) < 4.78 is 30.4. The molecule has 1 rings (SSSR count). The Hall–Kier alpha value is -1.14. The van der Waals surface area contributed by atoms with Gasteiger partial charge in [0.15, 0.2) is 0 Å². The van der Waals surface area contributed by atoms with Crippen LogP contribution >= 0.6 is 0 Å². The molecule has 0 spiro atoms. The molecule has 15 heavy (non-hydrogen) atoms. The van der Waals surface area contributed by atoms with Crippen LogP contribution in [0.3, 0.4) is 0 Å². The summed E-state index contributed by atoms with van der Waals surface area (Å²) in [5, 5.41) is -0.407. The monoisotopic (exact) mass is 230 g/mol. The molecule has 0 amide bonds. The fraction of sp³-hybridized carbons (Fsp3) is 0.444. The molecule has 0 radical (unpaired) electrons. The maximum atomic E-state index is 10.8. The van der Waals surface area contributed by atoms with Crippen LogP contribution in [0.4, 0.5) is 0 Å². The van der Waals surface area contributed by atoms with Crippen LogP contribution in [0.1, 0.15) is 31.7 Å². The normalized spacial score (nSPS) is 13.2. The second kappa shape index (κ2) is 4.16. The number of allylic oxidation sites excluding steroid dienone is 1. The van der Waals surface area contributed by atoms with Gasteiger partial charge in [-0.1, -0.05) is 12.5 Å². The molecule has 0 aliphatic carbocycles. The highest BCUT2D eigenvalue weighted by molar-refractivity contribution is 7.85. The van der Waals surface area contributed by atoms with E-state index in [1.54, 1.807) is 13.0 Å². The SMILES string of the molecule is CC/C(C)=C/c1nc(S(=O)(=O)O)[nH]c1C. The first-order valence-electron chi connectivity index (χ1n) is 4.56. The molecule has 2 N–H and O–H groups in total. The number of hydrogen-bond donors (Lipinski definition) is 2. The van der Waals surface area contributed by atoms with Crippen molar-refractivity contribution in [3.8, 4) is 0 Å². The molecule has 6 heteroatoms. The molecule has 0 aliphatic rings. The first-order valence-corrected chi connectivity index (χ1v) is 6.00. The third kappa shape index (κ3) is 2.90. The molecule has 0 unspecified atom stereocenters. The summed E-state index contributed by atoms with van der Waals surface area (Å²) in [5.74, 6) is 0. The number of nitrogens with one attached hydrogen (secondary N) is 1. The first kappa shape index (κ1) is 11.9. The Bertz CT molecular complexity index is 485. The molecule has 0 aromatic carbocycles. The molecule has 0 fully saturated rings. The number of nitrogens with zero attached hydrogens (tertiary/aromatic N) is 1. The minimum atomic E-state index is -4.24. The van der Waals surface area contributed by atoms with Crippen molar-refractivity contribution in [2.75, 3.05) is 0 Å². The standard InChI is InChI=1S/C9H14N2O3S/c1-4-6(2)5-8-7(3)10-9(11-8)15(12,13)14/h5H,4H2,1-3H3,(H,10,11)(H,12,13,14)/b6-5+. The Morgan fingerprint density at radius 3 is 2.60 bits per heavy atom. The summed E-state index contributed by atoms with van der Waals surface area (Å²) in [7, 11) is -4.24. The Morgan fingerprint density at radius 2 is 2.20 bits per heavy atom. The molecule has 0 atom stereocenters. The molecule has 1 aromatic rings. The minimum absolute atomic E-state index is 0.407. The van der Waals surface area contributed by atoms with E-state index in [-0.39, 0.29) is 0 Å². The summed E-state index contributed by atoms with van der Waals surface area (Å²) in [4.78, 5) is 6.32. The molecule has 0 saturated carbocycles. The van der Waals surface area contributed by atoms with Crippen LogP contribution in [-0.2, 0) is 10.1 Å². The number of rotatable bonds is 3. The zero-order valence-corrected chi connectivity index (χ0v) is 9.72. The van der Waals surface area contributed by atoms with Gasteiger partial charge in [0.05, 0.1) is 5.69 Å². The van der Waals surface area contributed by atoms with E-state index in [0.717, 1.165) is 12.0 Å². The zero-order chi connectivity index (χ0) is 11.6. The second-order valence-electron chi connectivity index (χ2n) is 3.37. The highest BCUT2D eigenvalue weighted by Crippen LogP contribution is 2.14. The van der Waals surface area contributed by atoms with Crippen LogP contribution in [0.15, 0.2) is 10.7 Å². The largest absolute Gasteiger partial charge is 0.330 e. The van der Waals surface area contributed by atoms with E-state index in [4.69, 9.17) is 4.55 Å². The maximum Gasteiger partial charge on any atom is 0.328 e. The quantitative estimate of drug-likeness (QED) is 0.775. The Morgan fingerprint density at radius 1 is 1.60 bits per heavy atom. The first-order chi connectivity index (χ1) is 6.84. The Kier molecular flexibility index (Phi) is 3.31. The topological polar surface area (TPSA) is 83.1 Å². The molecule has 0 bridgehead atoms. The van der Waals surface area contributed by atoms with Crippen molar-refractivity contribution in [3.63, 3.8) is 0 Å². The van der Waals surface area contributed by atoms with Gasteiger partial charge in [-0.2, -0.15) is 8.42 Å². The maximum absolute atomic E-state index is 10.8. The van der Waals surface area contributed by atoms with Gasteiger partial charge in [-0.25, -0.2) is 4.98 Å². The molecule has 0 aliphatic heterocycles. The highest BCUT2D eigenvalue weighted by Gasteiger charge is 2.15. The lowest BCUT2D eigenvalue weighted by molar-refractivity contribution is 0.475. The summed E-state index contributed by atoms with van der Waals surface area (Å²) >= 11 is 0. The van der Waals surface area contributed by atoms with E-state index in [9.17, 15) is 8.42 Å². The predicted molar refractivity (Wildman–Crippen MR) is 57.1 cm³/mol. The Labute approximate surface area is 89.0 Å². The minimum Gasteiger partial charge on any atom is -0.330 e. The lowest BCUT2D eigenvalue weighted by Crippen LogP contribution is -2.00. The van der Waals surface area contributed by atoms with Crippen LogP contribution in [0.5, 0.6) is 0 Å². The number of aryl methyl sites for hydroxylation is 1. The van der Waals surface area contributed by atoms with Crippen molar-refractivity contribution < 1.29 is 13.0 Å². The van der Waals surface area contributed by atoms with E-state index in [2.05, 4.69) is 9.97 Å². The molecule has 5 nitrogen and oxygen atoms in total. The smallest absolute Gasteiger partial charge is 0.328 e. The van der Waals surface area contributed by atoms with E-state index in [1.165, 1.54) is 0 Å². The number of aromatic amines is 1. The molecule has 0 saturated heterocycles. The number of imidazole rings is 1. The van der Waals surface area contributed by atoms with Crippen molar-refractivity contribution in [1.29, 1.82) is 0 Å². The average molecular weight is 230 g/mol. The summed E-state index contributed by atoms with van der Waals surface area (Å²) in [6.45, 7) is 5.63. The van der Waals surface area contributed by atoms with Gasteiger partial charge in [0.25, 0.3) is 5.16 Å². The Balaban J connectivity index is 3.19. The second-order valence-corrected chi connectivity index (χ2v) is 4.71. The zero-order valence-electron chi connectivity index (χ0n) is 8.90. The third-order valence-corrected chi connectivity index (χ3v) is 2.77. The van der Waals surface area contributed by atoms with E-state index in [1.807, 2.05) is 13.8 Å². The van der Waals surface area contributed by atoms with Gasteiger partial charge in [-0.15, -0.1) is 0 Å². The number of H-pyrrole nitrogens is 1.